The van der Waals surface area contributed by atoms with Crippen molar-refractivity contribution in [3.8, 4) is 0 Å². The molecule has 1 heterocycles. The van der Waals surface area contributed by atoms with Crippen LogP contribution in [0, 0.1) is 23.3 Å². The van der Waals surface area contributed by atoms with E-state index in [-0.39, 0.29) is 19.1 Å². The van der Waals surface area contributed by atoms with Gasteiger partial charge in [0, 0.05) is 32.7 Å². The van der Waals surface area contributed by atoms with Crippen molar-refractivity contribution in [3.05, 3.63) is 93.0 Å². The Kier molecular flexibility index (Phi) is 6.68. The Morgan fingerprint density at radius 1 is 0.686 bits per heavy atom. The summed E-state index contributed by atoms with van der Waals surface area (Å²) >= 11 is 6.39. The molecule has 4 aromatic rings. The summed E-state index contributed by atoms with van der Waals surface area (Å²) in [5, 5.41) is 0.275. The van der Waals surface area contributed by atoms with Crippen molar-refractivity contribution >= 4 is 68.5 Å². The van der Waals surface area contributed by atoms with Crippen molar-refractivity contribution in [2.24, 2.45) is 0 Å². The molecule has 0 amide bonds. The fourth-order valence-corrected chi connectivity index (χ4v) is 8.76. The van der Waals surface area contributed by atoms with E-state index in [1.54, 1.807) is 0 Å². The quantitative estimate of drug-likeness (QED) is 0.251. The van der Waals surface area contributed by atoms with Gasteiger partial charge in [0.25, 0.3) is 20.0 Å². The van der Waals surface area contributed by atoms with Crippen LogP contribution in [0.5, 0.6) is 0 Å². The number of aromatic nitrogens is 1. The van der Waals surface area contributed by atoms with Gasteiger partial charge in [-0.05, 0) is 52.3 Å². The third-order valence-electron chi connectivity index (χ3n) is 4.66. The SMILES string of the molecule is O=S(=O)(c1cc(F)cc(F)c1)N(c1c(Br)cc(Br)c2cccnc12)S(=O)(=O)c1cc(F)cc(F)c1. The van der Waals surface area contributed by atoms with Crippen molar-refractivity contribution in [3.63, 3.8) is 0 Å². The number of nitrogens with zero attached hydrogens (tertiary/aromatic N) is 2. The summed E-state index contributed by atoms with van der Waals surface area (Å²) in [5.74, 6) is -5.18. The van der Waals surface area contributed by atoms with Gasteiger partial charge in [0.1, 0.15) is 29.0 Å². The predicted molar refractivity (Wildman–Crippen MR) is 127 cm³/mol. The molecule has 35 heavy (non-hydrogen) atoms. The molecular weight excluding hydrogens is 644 g/mol. The summed E-state index contributed by atoms with van der Waals surface area (Å²) in [5.41, 5.74) is -0.729. The first-order valence-corrected chi connectivity index (χ1v) is 13.7. The number of hydrogen-bond donors (Lipinski definition) is 0. The minimum Gasteiger partial charge on any atom is -0.254 e. The molecule has 0 radical (unpaired) electrons. The zero-order chi connectivity index (χ0) is 25.7. The van der Waals surface area contributed by atoms with E-state index < -0.39 is 58.8 Å². The minimum atomic E-state index is -5.32. The van der Waals surface area contributed by atoms with Gasteiger partial charge in [-0.25, -0.2) is 34.4 Å². The van der Waals surface area contributed by atoms with Crippen LogP contribution in [0.25, 0.3) is 10.9 Å². The van der Waals surface area contributed by atoms with Gasteiger partial charge >= 0.3 is 0 Å². The summed E-state index contributed by atoms with van der Waals surface area (Å²) in [6.45, 7) is 0. The van der Waals surface area contributed by atoms with Gasteiger partial charge in [-0.3, -0.25) is 4.98 Å². The van der Waals surface area contributed by atoms with Gasteiger partial charge in [0.15, 0.2) is 0 Å². The number of halogens is 6. The molecule has 1 aromatic heterocycles. The van der Waals surface area contributed by atoms with E-state index in [2.05, 4.69) is 36.8 Å². The average Bonchev–Trinajstić information content (AvgIpc) is 2.75. The van der Waals surface area contributed by atoms with E-state index in [1.165, 1.54) is 24.4 Å². The summed E-state index contributed by atoms with van der Waals surface area (Å²) < 4.78 is 111. The second kappa shape index (κ2) is 9.15. The zero-order valence-electron chi connectivity index (χ0n) is 16.9. The Bertz CT molecular complexity index is 1600. The molecule has 4 rings (SSSR count). The average molecular weight is 654 g/mol. The van der Waals surface area contributed by atoms with Crippen LogP contribution in [0.4, 0.5) is 23.2 Å². The highest BCUT2D eigenvalue weighted by Gasteiger charge is 2.40. The second-order valence-electron chi connectivity index (χ2n) is 7.01. The number of benzene rings is 3. The molecule has 0 atom stereocenters. The molecule has 0 aliphatic heterocycles. The van der Waals surface area contributed by atoms with Gasteiger partial charge in [-0.15, -0.1) is 0 Å². The molecule has 0 unspecified atom stereocenters. The van der Waals surface area contributed by atoms with Crippen LogP contribution in [0.1, 0.15) is 0 Å². The van der Waals surface area contributed by atoms with Crippen molar-refractivity contribution in [2.75, 3.05) is 3.71 Å². The first-order valence-electron chi connectivity index (χ1n) is 9.28. The third-order valence-corrected chi connectivity index (χ3v) is 10.00. The van der Waals surface area contributed by atoms with Crippen LogP contribution >= 0.6 is 31.9 Å². The molecule has 0 fully saturated rings. The van der Waals surface area contributed by atoms with Crippen molar-refractivity contribution in [1.82, 2.24) is 4.98 Å². The molecule has 3 aromatic carbocycles. The van der Waals surface area contributed by atoms with Crippen molar-refractivity contribution in [1.29, 1.82) is 0 Å². The van der Waals surface area contributed by atoms with Gasteiger partial charge in [-0.2, -0.15) is 3.71 Å². The number of anilines is 1. The van der Waals surface area contributed by atoms with Gasteiger partial charge in [0.05, 0.1) is 15.3 Å². The number of hydrogen-bond acceptors (Lipinski definition) is 5. The number of rotatable bonds is 5. The predicted octanol–water partition coefficient (Wildman–Crippen LogP) is 5.90. The largest absolute Gasteiger partial charge is 0.278 e. The van der Waals surface area contributed by atoms with Crippen LogP contribution in [-0.2, 0) is 20.0 Å². The van der Waals surface area contributed by atoms with Gasteiger partial charge < -0.3 is 0 Å². The Balaban J connectivity index is 2.16. The Hall–Kier alpha value is -2.55. The van der Waals surface area contributed by atoms with Gasteiger partial charge in [0.2, 0.25) is 0 Å². The smallest absolute Gasteiger partial charge is 0.254 e. The molecule has 0 aliphatic carbocycles. The Labute approximate surface area is 213 Å². The fraction of sp³-hybridized carbons (Fsp3) is 0. The highest BCUT2D eigenvalue weighted by molar-refractivity contribution is 9.11. The Morgan fingerprint density at radius 2 is 1.14 bits per heavy atom. The first-order chi connectivity index (χ1) is 16.3. The maximum Gasteiger partial charge on any atom is 0.278 e. The van der Waals surface area contributed by atoms with E-state index in [0.717, 1.165) is 0 Å². The lowest BCUT2D eigenvalue weighted by Gasteiger charge is -2.26. The lowest BCUT2D eigenvalue weighted by atomic mass is 10.2. The molecular formula is C21H10Br2F4N2O4S2. The minimum absolute atomic E-state index is 0.114. The zero-order valence-corrected chi connectivity index (χ0v) is 21.7. The third kappa shape index (κ3) is 4.67. The van der Waals surface area contributed by atoms with Crippen LogP contribution in [0.2, 0.25) is 0 Å². The van der Waals surface area contributed by atoms with Crippen molar-refractivity contribution < 1.29 is 34.4 Å². The Morgan fingerprint density at radius 3 is 1.60 bits per heavy atom. The summed E-state index contributed by atoms with van der Waals surface area (Å²) in [4.78, 5) is 1.96. The fourth-order valence-electron chi connectivity index (χ4n) is 3.25. The molecule has 0 bridgehead atoms. The normalized spacial score (nSPS) is 12.2. The number of pyridine rings is 1. The molecule has 0 saturated carbocycles. The lowest BCUT2D eigenvalue weighted by molar-refractivity contribution is 0.561. The maximum absolute atomic E-state index is 13.9. The lowest BCUT2D eigenvalue weighted by Crippen LogP contribution is -2.38. The summed E-state index contributed by atoms with van der Waals surface area (Å²) in [6.07, 6.45) is 1.26. The molecule has 0 spiro atoms. The standard InChI is InChI=1S/C21H10Br2F4N2O4S2/c22-18-10-19(23)21(20-17(18)2-1-3-28-20)29(34(30,31)15-6-11(24)4-12(25)7-15)35(32,33)16-8-13(26)5-14(27)9-16/h1-10H. The highest BCUT2D eigenvalue weighted by Crippen LogP contribution is 2.43. The molecule has 182 valence electrons. The van der Waals surface area contributed by atoms with E-state index in [0.29, 0.717) is 40.9 Å². The molecule has 14 heteroatoms. The van der Waals surface area contributed by atoms with Crippen LogP contribution in [0.15, 0.2) is 79.5 Å². The molecule has 0 saturated heterocycles. The van der Waals surface area contributed by atoms with E-state index in [4.69, 9.17) is 0 Å². The van der Waals surface area contributed by atoms with E-state index >= 15 is 0 Å². The molecule has 0 N–H and O–H groups in total. The number of sulfonamides is 2. The molecule has 6 nitrogen and oxygen atoms in total. The second-order valence-corrected chi connectivity index (χ2v) is 12.5. The first kappa shape index (κ1) is 25.5. The van der Waals surface area contributed by atoms with Crippen LogP contribution in [-0.4, -0.2) is 21.8 Å². The summed E-state index contributed by atoms with van der Waals surface area (Å²) in [7, 11) is -10.6. The summed E-state index contributed by atoms with van der Waals surface area (Å²) in [6, 6.07) is 6.77. The van der Waals surface area contributed by atoms with E-state index in [9.17, 15) is 34.4 Å². The van der Waals surface area contributed by atoms with Gasteiger partial charge in [-0.1, -0.05) is 22.0 Å². The van der Waals surface area contributed by atoms with E-state index in [1.807, 2.05) is 0 Å². The van der Waals surface area contributed by atoms with Crippen LogP contribution in [0.3, 0.4) is 0 Å². The molecule has 0 aliphatic rings. The van der Waals surface area contributed by atoms with Crippen molar-refractivity contribution in [2.45, 2.75) is 9.79 Å². The number of fused-ring (bicyclic) bond motifs is 1. The monoisotopic (exact) mass is 652 g/mol. The topological polar surface area (TPSA) is 84.4 Å². The highest BCUT2D eigenvalue weighted by atomic mass is 79.9. The maximum atomic E-state index is 13.9. The van der Waals surface area contributed by atoms with Crippen LogP contribution < -0.4 is 3.71 Å².